The van der Waals surface area contributed by atoms with Crippen LogP contribution in [0.2, 0.25) is 5.02 Å². The Labute approximate surface area is 125 Å². The van der Waals surface area contributed by atoms with Crippen molar-refractivity contribution >= 4 is 29.1 Å². The lowest BCUT2D eigenvalue weighted by molar-refractivity contribution is -0.116. The van der Waals surface area contributed by atoms with Gasteiger partial charge in [0.1, 0.15) is 6.54 Å². The summed E-state index contributed by atoms with van der Waals surface area (Å²) < 4.78 is 1.36. The lowest BCUT2D eigenvalue weighted by Crippen LogP contribution is -2.20. The van der Waals surface area contributed by atoms with Crippen molar-refractivity contribution in [2.45, 2.75) is 13.1 Å². The van der Waals surface area contributed by atoms with Crippen LogP contribution in [0.4, 0.5) is 5.69 Å². The maximum atomic E-state index is 11.9. The molecule has 8 nitrogen and oxygen atoms in total. The van der Waals surface area contributed by atoms with Crippen molar-refractivity contribution in [3.05, 3.63) is 40.7 Å². The first-order chi connectivity index (χ1) is 9.99. The molecule has 9 heteroatoms. The summed E-state index contributed by atoms with van der Waals surface area (Å²) in [6.07, 6.45) is 1.58. The van der Waals surface area contributed by atoms with E-state index in [1.54, 1.807) is 12.3 Å². The lowest BCUT2D eigenvalue weighted by Gasteiger charge is -2.07. The molecule has 0 saturated heterocycles. The number of hydrogen-bond acceptors (Lipinski definition) is 5. The zero-order valence-corrected chi connectivity index (χ0v) is 11.7. The number of nitrogens with two attached hydrogens (primary N) is 2. The summed E-state index contributed by atoms with van der Waals surface area (Å²) in [7, 11) is 0. The smallest absolute Gasteiger partial charge is 0.250 e. The fraction of sp³-hybridized carbons (Fsp3) is 0.167. The van der Waals surface area contributed by atoms with Gasteiger partial charge in [0.25, 0.3) is 0 Å². The molecule has 1 aromatic heterocycles. The Kier molecular flexibility index (Phi) is 4.51. The van der Waals surface area contributed by atoms with E-state index in [9.17, 15) is 9.59 Å². The molecule has 5 N–H and O–H groups in total. The van der Waals surface area contributed by atoms with Crippen LogP contribution in [-0.2, 0) is 17.9 Å². The predicted octanol–water partition coefficient (Wildman–Crippen LogP) is 0.128. The quantitative estimate of drug-likeness (QED) is 0.723. The average Bonchev–Trinajstić information content (AvgIpc) is 2.88. The van der Waals surface area contributed by atoms with Gasteiger partial charge in [0.2, 0.25) is 11.8 Å². The van der Waals surface area contributed by atoms with Crippen LogP contribution in [0.1, 0.15) is 16.1 Å². The van der Waals surface area contributed by atoms with Crippen LogP contribution >= 0.6 is 11.6 Å². The molecule has 0 radical (unpaired) electrons. The van der Waals surface area contributed by atoms with E-state index in [-0.39, 0.29) is 29.6 Å². The molecule has 1 aromatic carbocycles. The van der Waals surface area contributed by atoms with E-state index in [0.717, 1.165) is 0 Å². The zero-order valence-electron chi connectivity index (χ0n) is 10.9. The minimum atomic E-state index is -0.667. The summed E-state index contributed by atoms with van der Waals surface area (Å²) in [5, 5.41) is 10.4. The highest BCUT2D eigenvalue weighted by Crippen LogP contribution is 2.20. The normalized spacial score (nSPS) is 10.4. The van der Waals surface area contributed by atoms with Gasteiger partial charge >= 0.3 is 0 Å². The summed E-state index contributed by atoms with van der Waals surface area (Å²) in [6.45, 7) is 0.225. The van der Waals surface area contributed by atoms with E-state index in [0.29, 0.717) is 11.4 Å². The number of hydrogen-bond donors (Lipinski definition) is 3. The molecule has 0 unspecified atom stereocenters. The zero-order chi connectivity index (χ0) is 15.4. The number of aromatic nitrogens is 3. The molecule has 0 bridgehead atoms. The third-order valence-electron chi connectivity index (χ3n) is 2.62. The first kappa shape index (κ1) is 14.9. The fourth-order valence-corrected chi connectivity index (χ4v) is 1.86. The molecule has 0 fully saturated rings. The van der Waals surface area contributed by atoms with Crippen LogP contribution in [0.25, 0.3) is 0 Å². The van der Waals surface area contributed by atoms with E-state index >= 15 is 0 Å². The highest BCUT2D eigenvalue weighted by atomic mass is 35.5. The molecule has 0 spiro atoms. The van der Waals surface area contributed by atoms with Gasteiger partial charge in [-0.25, -0.2) is 4.68 Å². The van der Waals surface area contributed by atoms with Crippen molar-refractivity contribution < 1.29 is 9.59 Å². The van der Waals surface area contributed by atoms with Crippen molar-refractivity contribution in [2.75, 3.05) is 5.32 Å². The Morgan fingerprint density at radius 3 is 2.76 bits per heavy atom. The van der Waals surface area contributed by atoms with Gasteiger partial charge in [0, 0.05) is 12.2 Å². The molecular formula is C12H13ClN6O2. The summed E-state index contributed by atoms with van der Waals surface area (Å²) in [4.78, 5) is 23.0. The highest BCUT2D eigenvalue weighted by Gasteiger charge is 2.10. The Bertz CT molecular complexity index is 684. The van der Waals surface area contributed by atoms with Gasteiger partial charge in [-0.1, -0.05) is 16.8 Å². The maximum absolute atomic E-state index is 11.9. The van der Waals surface area contributed by atoms with Crippen LogP contribution in [0.5, 0.6) is 0 Å². The number of anilines is 1. The number of primary amides is 1. The Hall–Kier alpha value is -2.45. The molecule has 2 aromatic rings. The van der Waals surface area contributed by atoms with Crippen molar-refractivity contribution in [3.8, 4) is 0 Å². The second kappa shape index (κ2) is 6.33. The maximum Gasteiger partial charge on any atom is 0.250 e. The van der Waals surface area contributed by atoms with Gasteiger partial charge in [-0.05, 0) is 18.2 Å². The van der Waals surface area contributed by atoms with Crippen LogP contribution in [0.3, 0.4) is 0 Å². The lowest BCUT2D eigenvalue weighted by atomic mass is 10.2. The number of halogens is 1. The molecule has 2 amide bonds. The van der Waals surface area contributed by atoms with Gasteiger partial charge in [-0.15, -0.1) is 5.10 Å². The number of nitrogens with one attached hydrogen (secondary N) is 1. The molecule has 0 aliphatic rings. The first-order valence-corrected chi connectivity index (χ1v) is 6.35. The molecule has 21 heavy (non-hydrogen) atoms. The minimum absolute atomic E-state index is 0.0263. The number of carbonyl (C=O) groups is 2. The third-order valence-corrected chi connectivity index (χ3v) is 2.95. The second-order valence-corrected chi connectivity index (χ2v) is 4.63. The largest absolute Gasteiger partial charge is 0.366 e. The van der Waals surface area contributed by atoms with E-state index in [1.165, 1.54) is 16.8 Å². The van der Waals surface area contributed by atoms with Crippen LogP contribution < -0.4 is 16.8 Å². The van der Waals surface area contributed by atoms with Crippen LogP contribution in [-0.4, -0.2) is 26.8 Å². The van der Waals surface area contributed by atoms with Gasteiger partial charge in [-0.2, -0.15) is 0 Å². The number of benzene rings is 1. The fourth-order valence-electron chi connectivity index (χ4n) is 1.65. The Morgan fingerprint density at radius 2 is 2.14 bits per heavy atom. The summed E-state index contributed by atoms with van der Waals surface area (Å²) in [6, 6.07) is 4.47. The molecule has 0 atom stereocenters. The van der Waals surface area contributed by atoms with Gasteiger partial charge in [-0.3, -0.25) is 9.59 Å². The molecule has 0 aliphatic heterocycles. The van der Waals surface area contributed by atoms with Crippen molar-refractivity contribution in [3.63, 3.8) is 0 Å². The molecule has 110 valence electrons. The monoisotopic (exact) mass is 308 g/mol. The molecule has 1 heterocycles. The van der Waals surface area contributed by atoms with E-state index in [4.69, 9.17) is 23.1 Å². The van der Waals surface area contributed by atoms with Crippen LogP contribution in [0.15, 0.2) is 24.4 Å². The average molecular weight is 309 g/mol. The van der Waals surface area contributed by atoms with Crippen molar-refractivity contribution in [1.82, 2.24) is 15.0 Å². The summed E-state index contributed by atoms with van der Waals surface area (Å²) in [5.41, 5.74) is 11.7. The number of amides is 2. The second-order valence-electron chi connectivity index (χ2n) is 4.22. The highest BCUT2D eigenvalue weighted by molar-refractivity contribution is 6.33. The SMILES string of the molecule is NCc1cn(CC(=O)Nc2ccc(Cl)c(C(N)=O)c2)nn1. The first-order valence-electron chi connectivity index (χ1n) is 5.98. The number of nitrogens with zero attached hydrogens (tertiary/aromatic N) is 3. The van der Waals surface area contributed by atoms with Crippen LogP contribution in [0, 0.1) is 0 Å². The van der Waals surface area contributed by atoms with Gasteiger partial charge in [0.05, 0.1) is 22.5 Å². The summed E-state index contributed by atoms with van der Waals surface area (Å²) in [5.74, 6) is -0.999. The summed E-state index contributed by atoms with van der Waals surface area (Å²) >= 11 is 5.83. The van der Waals surface area contributed by atoms with Crippen molar-refractivity contribution in [1.29, 1.82) is 0 Å². The van der Waals surface area contributed by atoms with Gasteiger partial charge < -0.3 is 16.8 Å². The number of carbonyl (C=O) groups excluding carboxylic acids is 2. The van der Waals surface area contributed by atoms with E-state index in [1.807, 2.05) is 0 Å². The van der Waals surface area contributed by atoms with Gasteiger partial charge in [0.15, 0.2) is 0 Å². The van der Waals surface area contributed by atoms with Crippen molar-refractivity contribution in [2.24, 2.45) is 11.5 Å². The molecule has 0 aliphatic carbocycles. The standard InChI is InChI=1S/C12H13ClN6O2/c13-10-2-1-7(3-9(10)12(15)21)16-11(20)6-19-5-8(4-14)17-18-19/h1-3,5H,4,6,14H2,(H2,15,21)(H,16,20). The predicted molar refractivity (Wildman–Crippen MR) is 76.5 cm³/mol. The van der Waals surface area contributed by atoms with E-state index < -0.39 is 5.91 Å². The number of rotatable bonds is 5. The Morgan fingerprint density at radius 1 is 1.38 bits per heavy atom. The topological polar surface area (TPSA) is 129 Å². The molecule has 0 saturated carbocycles. The third kappa shape index (κ3) is 3.77. The molecular weight excluding hydrogens is 296 g/mol. The van der Waals surface area contributed by atoms with E-state index in [2.05, 4.69) is 15.6 Å². The molecule has 2 rings (SSSR count). The Balaban J connectivity index is 2.05. The minimum Gasteiger partial charge on any atom is -0.366 e.